The zero-order chi connectivity index (χ0) is 26.1. The Hall–Kier alpha value is -4.17. The van der Waals surface area contributed by atoms with E-state index in [1.54, 1.807) is 6.92 Å². The molecule has 1 N–H and O–H groups in total. The number of carbonyl (C=O) groups excluding carboxylic acids is 5. The molecule has 13 nitrogen and oxygen atoms in total. The van der Waals surface area contributed by atoms with Crippen LogP contribution in [0.3, 0.4) is 0 Å². The van der Waals surface area contributed by atoms with Gasteiger partial charge in [-0.25, -0.2) is 9.59 Å². The van der Waals surface area contributed by atoms with Crippen molar-refractivity contribution in [3.8, 4) is 0 Å². The summed E-state index contributed by atoms with van der Waals surface area (Å²) in [6.45, 7) is 1.57. The molecule has 0 radical (unpaired) electrons. The van der Waals surface area contributed by atoms with Crippen LogP contribution in [-0.2, 0) is 34.0 Å². The van der Waals surface area contributed by atoms with Gasteiger partial charge in [0.2, 0.25) is 0 Å². The first-order valence-corrected chi connectivity index (χ1v) is 11.5. The second kappa shape index (κ2) is 9.60. The van der Waals surface area contributed by atoms with Gasteiger partial charge in [0.1, 0.15) is 11.5 Å². The summed E-state index contributed by atoms with van der Waals surface area (Å²) in [7, 11) is -2.03. The van der Waals surface area contributed by atoms with Gasteiger partial charge in [-0.15, -0.1) is 0 Å². The predicted octanol–water partition coefficient (Wildman–Crippen LogP) is 0.348. The van der Waals surface area contributed by atoms with Crippen molar-refractivity contribution in [2.45, 2.75) is 11.8 Å². The number of likely N-dealkylation sites (N-methyl/N-ethyl adjacent to an activating group) is 2. The fourth-order valence-corrected chi connectivity index (χ4v) is 3.70. The maximum absolute atomic E-state index is 13.0. The minimum absolute atomic E-state index is 0.00525. The number of esters is 1. The van der Waals surface area contributed by atoms with Gasteiger partial charge in [-0.3, -0.25) is 28.7 Å². The first-order chi connectivity index (χ1) is 16.4. The lowest BCUT2D eigenvalue weighted by Gasteiger charge is -2.28. The molecule has 2 aliphatic heterocycles. The van der Waals surface area contributed by atoms with E-state index >= 15 is 0 Å². The Bertz CT molecular complexity index is 1290. The molecule has 1 fully saturated rings. The van der Waals surface area contributed by atoms with Crippen LogP contribution in [0.2, 0.25) is 0 Å². The van der Waals surface area contributed by atoms with Crippen LogP contribution in [-0.4, -0.2) is 78.9 Å². The number of urea groups is 1. The van der Waals surface area contributed by atoms with Gasteiger partial charge in [-0.2, -0.15) is 18.5 Å². The molecular formula is C21H20N4O9S. The molecule has 35 heavy (non-hydrogen) atoms. The number of allylic oxidation sites excluding steroid dienone is 2. The molecule has 0 aromatic heterocycles. The molecular weight excluding hydrogens is 484 g/mol. The van der Waals surface area contributed by atoms with Crippen molar-refractivity contribution in [3.63, 3.8) is 0 Å². The van der Waals surface area contributed by atoms with E-state index in [1.807, 2.05) is 0 Å². The Morgan fingerprint density at radius 3 is 2.17 bits per heavy atom. The van der Waals surface area contributed by atoms with Crippen LogP contribution >= 0.6 is 0 Å². The first kappa shape index (κ1) is 25.5. The van der Waals surface area contributed by atoms with Gasteiger partial charge in [-0.1, -0.05) is 12.2 Å². The number of hydrazone groups is 1. The van der Waals surface area contributed by atoms with Crippen LogP contribution in [0, 0.1) is 5.92 Å². The van der Waals surface area contributed by atoms with E-state index < -0.39 is 50.7 Å². The maximum Gasteiger partial charge on any atom is 0.355 e. The average molecular weight is 504 g/mol. The average Bonchev–Trinajstić information content (AvgIpc) is 3.14. The molecule has 1 aromatic rings. The normalized spacial score (nSPS) is 19.1. The lowest BCUT2D eigenvalue weighted by Crippen LogP contribution is -2.52. The van der Waals surface area contributed by atoms with Gasteiger partial charge in [-0.05, 0) is 37.3 Å². The molecule has 1 aromatic carbocycles. The minimum atomic E-state index is -4.46. The number of hydrogen-bond acceptors (Lipinski definition) is 9. The van der Waals surface area contributed by atoms with Gasteiger partial charge in [0.05, 0.1) is 17.2 Å². The number of ether oxygens (including phenoxy) is 1. The summed E-state index contributed by atoms with van der Waals surface area (Å²) >= 11 is 0. The van der Waals surface area contributed by atoms with E-state index in [9.17, 15) is 32.4 Å². The Labute approximate surface area is 199 Å². The molecule has 0 bridgehead atoms. The topological polar surface area (TPSA) is 171 Å². The van der Waals surface area contributed by atoms with Crippen LogP contribution in [0.5, 0.6) is 0 Å². The fraction of sp³-hybridized carbons (Fsp3) is 0.238. The van der Waals surface area contributed by atoms with Crippen LogP contribution in [0.1, 0.15) is 6.92 Å². The monoisotopic (exact) mass is 504 g/mol. The Kier molecular flexibility index (Phi) is 6.98. The highest BCUT2D eigenvalue weighted by Crippen LogP contribution is 2.27. The van der Waals surface area contributed by atoms with Crippen LogP contribution in [0.25, 0.3) is 0 Å². The molecule has 14 heteroatoms. The summed E-state index contributed by atoms with van der Waals surface area (Å²) in [5.74, 6) is -4.50. The van der Waals surface area contributed by atoms with Crippen molar-refractivity contribution >= 4 is 51.2 Å². The number of anilines is 1. The first-order valence-electron chi connectivity index (χ1n) is 10.0. The summed E-state index contributed by atoms with van der Waals surface area (Å²) in [5, 5.41) is 4.87. The molecule has 184 valence electrons. The van der Waals surface area contributed by atoms with Crippen LogP contribution < -0.4 is 5.01 Å². The maximum atomic E-state index is 13.0. The number of benzene rings is 1. The van der Waals surface area contributed by atoms with Crippen molar-refractivity contribution in [1.29, 1.82) is 0 Å². The van der Waals surface area contributed by atoms with Crippen molar-refractivity contribution in [3.05, 3.63) is 48.1 Å². The van der Waals surface area contributed by atoms with Gasteiger partial charge in [0.15, 0.2) is 5.71 Å². The summed E-state index contributed by atoms with van der Waals surface area (Å²) in [6.07, 6.45) is 3.56. The second-order valence-corrected chi connectivity index (χ2v) is 8.70. The molecule has 1 unspecified atom stereocenters. The highest BCUT2D eigenvalue weighted by Gasteiger charge is 2.40. The molecule has 2 aliphatic rings. The molecule has 0 saturated carbocycles. The smallest absolute Gasteiger partial charge is 0.355 e. The van der Waals surface area contributed by atoms with Crippen molar-refractivity contribution in [1.82, 2.24) is 9.80 Å². The van der Waals surface area contributed by atoms with E-state index in [1.165, 1.54) is 38.4 Å². The summed E-state index contributed by atoms with van der Waals surface area (Å²) < 4.78 is 36.6. The van der Waals surface area contributed by atoms with E-state index in [0.717, 1.165) is 33.0 Å². The van der Waals surface area contributed by atoms with E-state index in [0.29, 0.717) is 0 Å². The zero-order valence-electron chi connectivity index (χ0n) is 18.7. The molecule has 5 amide bonds. The summed E-state index contributed by atoms with van der Waals surface area (Å²) in [6, 6.07) is 3.74. The highest BCUT2D eigenvalue weighted by molar-refractivity contribution is 7.85. The third kappa shape index (κ3) is 4.88. The lowest BCUT2D eigenvalue weighted by atomic mass is 10.0. The van der Waals surface area contributed by atoms with Crippen LogP contribution in [0.4, 0.5) is 10.5 Å². The molecule has 2 heterocycles. The van der Waals surface area contributed by atoms with E-state index in [-0.39, 0.29) is 23.6 Å². The number of nitrogens with zero attached hydrogens (tertiary/aromatic N) is 4. The Balaban J connectivity index is 1.93. The predicted molar refractivity (Wildman–Crippen MR) is 119 cm³/mol. The van der Waals surface area contributed by atoms with Crippen molar-refractivity contribution in [2.75, 3.05) is 25.7 Å². The van der Waals surface area contributed by atoms with Gasteiger partial charge >= 0.3 is 12.0 Å². The zero-order valence-corrected chi connectivity index (χ0v) is 19.6. The molecule has 0 aliphatic carbocycles. The van der Waals surface area contributed by atoms with Crippen LogP contribution in [0.15, 0.2) is 58.1 Å². The molecule has 3 rings (SSSR count). The summed E-state index contributed by atoms with van der Waals surface area (Å²) in [4.78, 5) is 63.0. The van der Waals surface area contributed by atoms with E-state index in [2.05, 4.69) is 5.10 Å². The minimum Gasteiger partial charge on any atom is -0.461 e. The summed E-state index contributed by atoms with van der Waals surface area (Å²) in [5.41, 5.74) is -0.502. The molecule has 1 atom stereocenters. The Morgan fingerprint density at radius 2 is 1.66 bits per heavy atom. The lowest BCUT2D eigenvalue weighted by molar-refractivity contribution is -0.136. The number of rotatable bonds is 6. The third-order valence-corrected chi connectivity index (χ3v) is 5.92. The van der Waals surface area contributed by atoms with Gasteiger partial charge < -0.3 is 4.74 Å². The number of hydrogen-bond donors (Lipinski definition) is 1. The van der Waals surface area contributed by atoms with E-state index in [4.69, 9.17) is 9.29 Å². The fourth-order valence-electron chi connectivity index (χ4n) is 3.22. The molecule has 0 spiro atoms. The number of barbiturate groups is 1. The number of carbonyl (C=O) groups is 5. The highest BCUT2D eigenvalue weighted by atomic mass is 32.2. The third-order valence-electron chi connectivity index (χ3n) is 5.05. The van der Waals surface area contributed by atoms with Crippen molar-refractivity contribution < 1.29 is 41.7 Å². The number of amides is 5. The van der Waals surface area contributed by atoms with Gasteiger partial charge in [0, 0.05) is 14.1 Å². The largest absolute Gasteiger partial charge is 0.461 e. The SMILES string of the molecule is CCOC(=O)C1=NN(c2ccc(S(=O)(=O)O)cc2)C(=O)C1C=CC=C1C(=O)N(C)C(=O)N(C)C1=O. The quantitative estimate of drug-likeness (QED) is 0.248. The Morgan fingerprint density at radius 1 is 1.09 bits per heavy atom. The van der Waals surface area contributed by atoms with Gasteiger partial charge in [0.25, 0.3) is 27.8 Å². The second-order valence-electron chi connectivity index (χ2n) is 7.28. The van der Waals surface area contributed by atoms with Crippen molar-refractivity contribution in [2.24, 2.45) is 11.0 Å². The number of imide groups is 2. The molecule has 1 saturated heterocycles. The standard InChI is InChI=1S/C21H20N4O9S/c1-4-34-20(29)16-14(6-5-7-15-17(26)23(2)21(30)24(3)18(15)27)19(28)25(22-16)12-8-10-13(11-9-12)35(31,32)33/h5-11,14H,4H2,1-3H3,(H,31,32,33).